The van der Waals surface area contributed by atoms with Crippen molar-refractivity contribution in [1.82, 2.24) is 0 Å². The van der Waals surface area contributed by atoms with Gasteiger partial charge in [-0.15, -0.1) is 0 Å². The lowest BCUT2D eigenvalue weighted by molar-refractivity contribution is 0.476. The van der Waals surface area contributed by atoms with E-state index in [-0.39, 0.29) is 17.2 Å². The van der Waals surface area contributed by atoms with Crippen molar-refractivity contribution in [3.63, 3.8) is 0 Å². The van der Waals surface area contributed by atoms with E-state index in [0.717, 1.165) is 65.3 Å². The first kappa shape index (κ1) is 24.1. The topological polar surface area (TPSA) is 60.7 Å². The van der Waals surface area contributed by atoms with Crippen molar-refractivity contribution in [2.75, 3.05) is 0 Å². The van der Waals surface area contributed by atoms with Gasteiger partial charge in [-0.3, -0.25) is 0 Å². The molecule has 0 bridgehead atoms. The quantitative estimate of drug-likeness (QED) is 0.153. The highest BCUT2D eigenvalue weighted by atomic mass is 127. The molecule has 0 saturated carbocycles. The highest BCUT2D eigenvalue weighted by Gasteiger charge is 2.15. The van der Waals surface area contributed by atoms with E-state index in [1.165, 1.54) is 0 Å². The Labute approximate surface area is 248 Å². The Morgan fingerprint density at radius 1 is 0.444 bits per heavy atom. The van der Waals surface area contributed by atoms with Crippen LogP contribution >= 0.6 is 67.8 Å². The summed E-state index contributed by atoms with van der Waals surface area (Å²) in [5.41, 5.74) is 4.10. The molecule has 176 valence electrons. The fourth-order valence-corrected chi connectivity index (χ4v) is 7.27. The fraction of sp³-hybridized carbons (Fsp3) is 0. The van der Waals surface area contributed by atoms with Crippen LogP contribution in [0.15, 0.2) is 84.9 Å². The molecular formula is C30H17I3O3. The highest BCUT2D eigenvalue weighted by molar-refractivity contribution is 14.1. The van der Waals surface area contributed by atoms with Crippen molar-refractivity contribution in [3.05, 3.63) is 95.6 Å². The number of fused-ring (bicyclic) bond motifs is 3. The Morgan fingerprint density at radius 2 is 1.08 bits per heavy atom. The summed E-state index contributed by atoms with van der Waals surface area (Å²) in [5, 5.41) is 36.8. The molecule has 0 amide bonds. The summed E-state index contributed by atoms with van der Waals surface area (Å²) in [4.78, 5) is 0. The van der Waals surface area contributed by atoms with Gasteiger partial charge in [0.1, 0.15) is 17.2 Å². The van der Waals surface area contributed by atoms with E-state index in [0.29, 0.717) is 0 Å². The second-order valence-corrected chi connectivity index (χ2v) is 12.0. The van der Waals surface area contributed by atoms with Crippen LogP contribution in [0.4, 0.5) is 0 Å². The van der Waals surface area contributed by atoms with Gasteiger partial charge in [0, 0.05) is 21.5 Å². The molecule has 0 spiro atoms. The normalized spacial score (nSPS) is 11.5. The number of phenolic OH excluding ortho intramolecular Hbond substituents is 3. The number of rotatable bonds is 2. The van der Waals surface area contributed by atoms with Gasteiger partial charge in [-0.05, 0) is 166 Å². The predicted octanol–water partition coefficient (Wildman–Crippen LogP) is 9.41. The molecule has 36 heavy (non-hydrogen) atoms. The minimum atomic E-state index is 0.242. The van der Waals surface area contributed by atoms with Crippen molar-refractivity contribution in [2.45, 2.75) is 0 Å². The molecule has 0 aliphatic rings. The molecule has 0 atom stereocenters. The van der Waals surface area contributed by atoms with Gasteiger partial charge in [-0.2, -0.15) is 0 Å². The van der Waals surface area contributed by atoms with Gasteiger partial charge in [-0.1, -0.05) is 30.3 Å². The molecule has 0 aromatic heterocycles. The Morgan fingerprint density at radius 3 is 1.92 bits per heavy atom. The second kappa shape index (κ2) is 9.21. The molecule has 0 radical (unpaired) electrons. The lowest BCUT2D eigenvalue weighted by Gasteiger charge is -2.14. The molecular weight excluding hydrogens is 789 g/mol. The number of benzene rings is 6. The average molecular weight is 806 g/mol. The molecule has 0 fully saturated rings. The average Bonchev–Trinajstić information content (AvgIpc) is 2.87. The van der Waals surface area contributed by atoms with Gasteiger partial charge in [0.2, 0.25) is 0 Å². The van der Waals surface area contributed by atoms with E-state index in [2.05, 4.69) is 79.9 Å². The Bertz CT molecular complexity index is 1860. The molecule has 0 heterocycles. The maximum absolute atomic E-state index is 11.0. The van der Waals surface area contributed by atoms with Gasteiger partial charge in [0.15, 0.2) is 0 Å². The van der Waals surface area contributed by atoms with Crippen LogP contribution in [-0.4, -0.2) is 15.3 Å². The number of aromatic hydroxyl groups is 3. The summed E-state index contributed by atoms with van der Waals surface area (Å²) in [6, 6.07) is 27.2. The van der Waals surface area contributed by atoms with Crippen molar-refractivity contribution < 1.29 is 15.3 Å². The number of hydrogen-bond donors (Lipinski definition) is 3. The van der Waals surface area contributed by atoms with E-state index < -0.39 is 0 Å². The van der Waals surface area contributed by atoms with E-state index >= 15 is 0 Å². The first-order valence-electron chi connectivity index (χ1n) is 11.1. The Balaban J connectivity index is 1.55. The van der Waals surface area contributed by atoms with Crippen LogP contribution in [0, 0.1) is 10.7 Å². The Kier molecular flexibility index (Phi) is 6.16. The van der Waals surface area contributed by atoms with Crippen molar-refractivity contribution in [2.24, 2.45) is 0 Å². The highest BCUT2D eigenvalue weighted by Crippen LogP contribution is 2.41. The van der Waals surface area contributed by atoms with Crippen molar-refractivity contribution >= 4 is 100 Å². The zero-order chi connectivity index (χ0) is 25.1. The molecule has 0 saturated heterocycles. The molecule has 0 unspecified atom stereocenters. The molecule has 6 heteroatoms. The van der Waals surface area contributed by atoms with E-state index in [4.69, 9.17) is 0 Å². The zero-order valence-corrected chi connectivity index (χ0v) is 25.0. The van der Waals surface area contributed by atoms with Gasteiger partial charge < -0.3 is 15.3 Å². The van der Waals surface area contributed by atoms with E-state index in [1.54, 1.807) is 18.2 Å². The van der Waals surface area contributed by atoms with Crippen molar-refractivity contribution in [3.8, 4) is 39.5 Å². The predicted molar refractivity (Wildman–Crippen MR) is 173 cm³/mol. The van der Waals surface area contributed by atoms with Crippen LogP contribution in [0.1, 0.15) is 0 Å². The minimum absolute atomic E-state index is 0.242. The molecule has 6 aromatic rings. The molecule has 0 aliphatic heterocycles. The smallest absolute Gasteiger partial charge is 0.124 e. The summed E-state index contributed by atoms with van der Waals surface area (Å²) in [6.07, 6.45) is 0. The van der Waals surface area contributed by atoms with Gasteiger partial charge in [0.25, 0.3) is 0 Å². The van der Waals surface area contributed by atoms with Crippen LogP contribution in [0.25, 0.3) is 54.6 Å². The monoisotopic (exact) mass is 806 g/mol. The molecule has 0 aliphatic carbocycles. The fourth-order valence-electron chi connectivity index (χ4n) is 4.72. The van der Waals surface area contributed by atoms with E-state index in [9.17, 15) is 15.3 Å². The summed E-state index contributed by atoms with van der Waals surface area (Å²) in [6.45, 7) is 0. The maximum atomic E-state index is 11.0. The van der Waals surface area contributed by atoms with Crippen LogP contribution in [-0.2, 0) is 0 Å². The maximum Gasteiger partial charge on any atom is 0.124 e. The summed E-state index contributed by atoms with van der Waals surface area (Å²) < 4.78 is 3.20. The second-order valence-electron chi connectivity index (χ2n) is 8.68. The van der Waals surface area contributed by atoms with Crippen LogP contribution in [0.3, 0.4) is 0 Å². The first-order valence-corrected chi connectivity index (χ1v) is 14.3. The molecule has 6 rings (SSSR count). The summed E-state index contributed by atoms with van der Waals surface area (Å²) in [5.74, 6) is 0.765. The van der Waals surface area contributed by atoms with Gasteiger partial charge >= 0.3 is 0 Å². The number of phenols is 3. The van der Waals surface area contributed by atoms with Gasteiger partial charge in [-0.25, -0.2) is 0 Å². The lowest BCUT2D eigenvalue weighted by Crippen LogP contribution is -1.90. The largest absolute Gasteiger partial charge is 0.508 e. The lowest BCUT2D eigenvalue weighted by atomic mass is 9.95. The number of halogens is 3. The molecule has 3 N–H and O–H groups in total. The molecule has 3 nitrogen and oxygen atoms in total. The standard InChI is InChI=1S/C30H17I3O3/c31-26-9-10-27(35)22-5-2-16(12-24(22)26)20-7-8-23-25(30(20)33)13-17(14-28(23)36)21-4-1-15-11-18(34)3-6-19(15)29(21)32/h1-14,34-36H. The minimum Gasteiger partial charge on any atom is -0.508 e. The van der Waals surface area contributed by atoms with Crippen LogP contribution in [0.2, 0.25) is 0 Å². The third-order valence-electron chi connectivity index (χ3n) is 6.55. The SMILES string of the molecule is Oc1ccc2c(I)c(-c3cc(O)c4ccc(-c5ccc6c(O)ccc(I)c6c5)c(I)c4c3)ccc2c1. The summed E-state index contributed by atoms with van der Waals surface area (Å²) in [7, 11) is 0. The molecule has 6 aromatic carbocycles. The third kappa shape index (κ3) is 3.97. The number of hydrogen-bond acceptors (Lipinski definition) is 3. The zero-order valence-electron chi connectivity index (χ0n) is 18.6. The van der Waals surface area contributed by atoms with Gasteiger partial charge in [0.05, 0.1) is 0 Å². The van der Waals surface area contributed by atoms with Crippen LogP contribution < -0.4 is 0 Å². The van der Waals surface area contributed by atoms with E-state index in [1.807, 2.05) is 54.6 Å². The van der Waals surface area contributed by atoms with Crippen molar-refractivity contribution in [1.29, 1.82) is 0 Å². The summed E-state index contributed by atoms with van der Waals surface area (Å²) >= 11 is 7.01. The third-order valence-corrected chi connectivity index (χ3v) is 9.81. The van der Waals surface area contributed by atoms with Crippen LogP contribution in [0.5, 0.6) is 17.2 Å². The Hall–Kier alpha value is -2.31. The first-order chi connectivity index (χ1) is 17.3.